The summed E-state index contributed by atoms with van der Waals surface area (Å²) in [4.78, 5) is 24.6. The highest BCUT2D eigenvalue weighted by atomic mass is 35.5. The number of benzene rings is 1. The van der Waals surface area contributed by atoms with Crippen LogP contribution in [0.4, 0.5) is 5.69 Å². The van der Waals surface area contributed by atoms with Gasteiger partial charge in [0.15, 0.2) is 0 Å². The van der Waals surface area contributed by atoms with Gasteiger partial charge in [-0.1, -0.05) is 11.6 Å². The lowest BCUT2D eigenvalue weighted by Gasteiger charge is -2.17. The standard InChI is InChI=1S/C14H17ClN2O3/c15-11-5-10(6-12(16)7-11)14(20)17-4-3-9(8-17)1-2-13(18)19/h5-7,9H,1-4,8,16H2,(H,18,19). The topological polar surface area (TPSA) is 83.6 Å². The number of carboxylic acids is 1. The zero-order chi connectivity index (χ0) is 14.7. The third kappa shape index (κ3) is 3.63. The molecule has 6 heteroatoms. The fraction of sp³-hybridized carbons (Fsp3) is 0.429. The number of carbonyl (C=O) groups is 2. The van der Waals surface area contributed by atoms with Crippen LogP contribution in [0.2, 0.25) is 5.02 Å². The van der Waals surface area contributed by atoms with Crippen LogP contribution in [-0.4, -0.2) is 35.0 Å². The summed E-state index contributed by atoms with van der Waals surface area (Å²) < 4.78 is 0. The van der Waals surface area contributed by atoms with Gasteiger partial charge >= 0.3 is 5.97 Å². The number of nitrogens with zero attached hydrogens (tertiary/aromatic N) is 1. The van der Waals surface area contributed by atoms with E-state index >= 15 is 0 Å². The summed E-state index contributed by atoms with van der Waals surface area (Å²) >= 11 is 5.90. The van der Waals surface area contributed by atoms with Gasteiger partial charge < -0.3 is 15.7 Å². The number of carboxylic acid groups (broad SMARTS) is 1. The normalized spacial score (nSPS) is 18.2. The van der Waals surface area contributed by atoms with Gasteiger partial charge in [0.25, 0.3) is 5.91 Å². The zero-order valence-corrected chi connectivity index (χ0v) is 11.8. The van der Waals surface area contributed by atoms with Crippen molar-refractivity contribution in [1.82, 2.24) is 4.90 Å². The zero-order valence-electron chi connectivity index (χ0n) is 11.0. The van der Waals surface area contributed by atoms with Crippen molar-refractivity contribution in [3.8, 4) is 0 Å². The summed E-state index contributed by atoms with van der Waals surface area (Å²) in [6.07, 6.45) is 1.60. The van der Waals surface area contributed by atoms with E-state index in [2.05, 4.69) is 0 Å². The molecule has 0 aromatic heterocycles. The molecule has 5 nitrogen and oxygen atoms in total. The Bertz CT molecular complexity index is 513. The minimum absolute atomic E-state index is 0.1000. The van der Waals surface area contributed by atoms with Crippen LogP contribution in [0.15, 0.2) is 18.2 Å². The monoisotopic (exact) mass is 296 g/mol. The lowest BCUT2D eigenvalue weighted by Crippen LogP contribution is -2.28. The molecule has 2 rings (SSSR count). The first-order valence-electron chi connectivity index (χ1n) is 6.53. The molecule has 1 aliphatic rings. The molecule has 0 bridgehead atoms. The van der Waals surface area contributed by atoms with Crippen molar-refractivity contribution in [3.63, 3.8) is 0 Å². The van der Waals surface area contributed by atoms with Crippen molar-refractivity contribution in [2.75, 3.05) is 18.8 Å². The summed E-state index contributed by atoms with van der Waals surface area (Å²) in [5.41, 5.74) is 6.62. The smallest absolute Gasteiger partial charge is 0.303 e. The molecule has 1 heterocycles. The Hall–Kier alpha value is -1.75. The molecule has 0 radical (unpaired) electrons. The van der Waals surface area contributed by atoms with Gasteiger partial charge in [-0.2, -0.15) is 0 Å². The van der Waals surface area contributed by atoms with Crippen LogP contribution in [0.1, 0.15) is 29.6 Å². The Morgan fingerprint density at radius 1 is 1.40 bits per heavy atom. The molecule has 108 valence electrons. The van der Waals surface area contributed by atoms with E-state index in [-0.39, 0.29) is 18.2 Å². The average molecular weight is 297 g/mol. The van der Waals surface area contributed by atoms with E-state index in [1.807, 2.05) is 0 Å². The Kier molecular flexibility index (Phi) is 4.49. The molecular weight excluding hydrogens is 280 g/mol. The second-order valence-electron chi connectivity index (χ2n) is 5.11. The predicted octanol–water partition coefficient (Wildman–Crippen LogP) is 2.25. The number of carbonyl (C=O) groups excluding carboxylic acids is 1. The maximum Gasteiger partial charge on any atom is 0.303 e. The van der Waals surface area contributed by atoms with Gasteiger partial charge in [-0.25, -0.2) is 0 Å². The molecule has 0 spiro atoms. The molecule has 3 N–H and O–H groups in total. The molecule has 1 unspecified atom stereocenters. The van der Waals surface area contributed by atoms with Crippen LogP contribution in [0, 0.1) is 5.92 Å². The number of hydrogen-bond acceptors (Lipinski definition) is 3. The molecule has 1 aliphatic heterocycles. The quantitative estimate of drug-likeness (QED) is 0.835. The first kappa shape index (κ1) is 14.7. The van der Waals surface area contributed by atoms with Crippen LogP contribution < -0.4 is 5.73 Å². The van der Waals surface area contributed by atoms with Crippen molar-refractivity contribution in [2.45, 2.75) is 19.3 Å². The molecular formula is C14H17ClN2O3. The summed E-state index contributed by atoms with van der Waals surface area (Å²) in [5.74, 6) is -0.638. The van der Waals surface area contributed by atoms with Gasteiger partial charge in [0.05, 0.1) is 0 Å². The van der Waals surface area contributed by atoms with E-state index in [9.17, 15) is 9.59 Å². The van der Waals surface area contributed by atoms with Crippen LogP contribution in [0.25, 0.3) is 0 Å². The second kappa shape index (κ2) is 6.13. The highest BCUT2D eigenvalue weighted by molar-refractivity contribution is 6.31. The van der Waals surface area contributed by atoms with Gasteiger partial charge in [-0.05, 0) is 37.0 Å². The molecule has 1 amide bonds. The van der Waals surface area contributed by atoms with Gasteiger partial charge in [-0.3, -0.25) is 9.59 Å². The Labute approximate surface area is 122 Å². The second-order valence-corrected chi connectivity index (χ2v) is 5.55. The lowest BCUT2D eigenvalue weighted by molar-refractivity contribution is -0.137. The average Bonchev–Trinajstić information content (AvgIpc) is 2.83. The number of nitrogens with two attached hydrogens (primary N) is 1. The van der Waals surface area contributed by atoms with Gasteiger partial charge in [0, 0.05) is 35.8 Å². The molecule has 20 heavy (non-hydrogen) atoms. The van der Waals surface area contributed by atoms with Crippen molar-refractivity contribution >= 4 is 29.2 Å². The highest BCUT2D eigenvalue weighted by Crippen LogP contribution is 2.24. The molecule has 1 aromatic carbocycles. The molecule has 0 saturated carbocycles. The van der Waals surface area contributed by atoms with Crippen molar-refractivity contribution < 1.29 is 14.7 Å². The first-order valence-corrected chi connectivity index (χ1v) is 6.90. The minimum atomic E-state index is -0.794. The number of likely N-dealkylation sites (tertiary alicyclic amines) is 1. The van der Waals surface area contributed by atoms with E-state index in [4.69, 9.17) is 22.4 Å². The van der Waals surface area contributed by atoms with Gasteiger partial charge in [-0.15, -0.1) is 0 Å². The largest absolute Gasteiger partial charge is 0.481 e. The third-order valence-corrected chi connectivity index (χ3v) is 3.72. The SMILES string of the molecule is Nc1cc(Cl)cc(C(=O)N2CCC(CCC(=O)O)C2)c1. The number of anilines is 1. The third-order valence-electron chi connectivity index (χ3n) is 3.51. The molecule has 1 saturated heterocycles. The van der Waals surface area contributed by atoms with Crippen molar-refractivity contribution in [3.05, 3.63) is 28.8 Å². The number of nitrogen functional groups attached to an aromatic ring is 1. The van der Waals surface area contributed by atoms with Crippen LogP contribution in [0.3, 0.4) is 0 Å². The van der Waals surface area contributed by atoms with Crippen molar-refractivity contribution in [2.24, 2.45) is 5.92 Å². The summed E-state index contributed by atoms with van der Waals surface area (Å²) in [6, 6.07) is 4.81. The number of aliphatic carboxylic acids is 1. The van der Waals surface area contributed by atoms with Gasteiger partial charge in [0.1, 0.15) is 0 Å². The maximum atomic E-state index is 12.3. The number of halogens is 1. The van der Waals surface area contributed by atoms with E-state index < -0.39 is 5.97 Å². The van der Waals surface area contributed by atoms with Crippen LogP contribution >= 0.6 is 11.6 Å². The minimum Gasteiger partial charge on any atom is -0.481 e. The van der Waals surface area contributed by atoms with Crippen LogP contribution in [-0.2, 0) is 4.79 Å². The van der Waals surface area contributed by atoms with Crippen molar-refractivity contribution in [1.29, 1.82) is 0 Å². The highest BCUT2D eigenvalue weighted by Gasteiger charge is 2.27. The maximum absolute atomic E-state index is 12.3. The number of hydrogen-bond donors (Lipinski definition) is 2. The number of amides is 1. The summed E-state index contributed by atoms with van der Waals surface area (Å²) in [6.45, 7) is 1.24. The first-order chi connectivity index (χ1) is 9.45. The Morgan fingerprint density at radius 2 is 2.15 bits per heavy atom. The van der Waals surface area contributed by atoms with Gasteiger partial charge in [0.2, 0.25) is 0 Å². The summed E-state index contributed by atoms with van der Waals surface area (Å²) in [5, 5.41) is 9.12. The molecule has 1 aromatic rings. The van der Waals surface area contributed by atoms with E-state index in [0.29, 0.717) is 35.8 Å². The molecule has 1 fully saturated rings. The molecule has 0 aliphatic carbocycles. The Morgan fingerprint density at radius 3 is 2.80 bits per heavy atom. The lowest BCUT2D eigenvalue weighted by atomic mass is 10.0. The van der Waals surface area contributed by atoms with E-state index in [1.165, 1.54) is 0 Å². The fourth-order valence-corrected chi connectivity index (χ4v) is 2.74. The summed E-state index contributed by atoms with van der Waals surface area (Å²) in [7, 11) is 0. The van der Waals surface area contributed by atoms with E-state index in [0.717, 1.165) is 6.42 Å². The van der Waals surface area contributed by atoms with Crippen LogP contribution in [0.5, 0.6) is 0 Å². The molecule has 1 atom stereocenters. The predicted molar refractivity (Wildman–Crippen MR) is 76.7 cm³/mol. The Balaban J connectivity index is 1.98. The van der Waals surface area contributed by atoms with E-state index in [1.54, 1.807) is 23.1 Å². The fourth-order valence-electron chi connectivity index (χ4n) is 2.50. The number of rotatable bonds is 4.